The third-order valence-electron chi connectivity index (χ3n) is 12.6. The molecule has 3 fully saturated rings. The average molecular weight is 537 g/mol. The zero-order valence-electron chi connectivity index (χ0n) is 25.4. The van der Waals surface area contributed by atoms with Crippen LogP contribution in [0.4, 0.5) is 0 Å². The molecule has 10 atom stereocenters. The Kier molecular flexibility index (Phi) is 9.01. The molecule has 0 aliphatic heterocycles. The minimum Gasteiger partial charge on any atom is -0.396 e. The van der Waals surface area contributed by atoms with E-state index in [4.69, 9.17) is 4.74 Å². The quantitative estimate of drug-likeness (QED) is 0.296. The van der Waals surface area contributed by atoms with Gasteiger partial charge in [0, 0.05) is 12.5 Å². The molecule has 5 rings (SSSR count). The maximum atomic E-state index is 11.4. The zero-order valence-corrected chi connectivity index (χ0v) is 25.4. The number of ether oxygens (including phenoxy) is 1. The van der Waals surface area contributed by atoms with Gasteiger partial charge in [-0.3, -0.25) is 0 Å². The monoisotopic (exact) mass is 536 g/mol. The van der Waals surface area contributed by atoms with Crippen molar-refractivity contribution in [3.05, 3.63) is 47.5 Å². The van der Waals surface area contributed by atoms with Crippen molar-refractivity contribution in [2.24, 2.45) is 52.3 Å². The van der Waals surface area contributed by atoms with E-state index in [9.17, 15) is 10.2 Å². The van der Waals surface area contributed by atoms with Gasteiger partial charge in [-0.1, -0.05) is 76.6 Å². The third kappa shape index (κ3) is 5.67. The van der Waals surface area contributed by atoms with Crippen LogP contribution in [0.15, 0.2) is 42.0 Å². The SMILES string of the molecule is CC(C)[C@@H](CCO)CC(O)[C@@H](C)C1=CCC2C3CCC4C[C@@H](OCc5ccccc5)CC[C@]4(C)C3CC[C@]12C. The number of hydrogen-bond acceptors (Lipinski definition) is 3. The van der Waals surface area contributed by atoms with E-state index in [1.807, 2.05) is 0 Å². The van der Waals surface area contributed by atoms with Crippen LogP contribution in [0.5, 0.6) is 0 Å². The van der Waals surface area contributed by atoms with Gasteiger partial charge in [-0.05, 0) is 116 Å². The Morgan fingerprint density at radius 1 is 0.974 bits per heavy atom. The van der Waals surface area contributed by atoms with Gasteiger partial charge in [0.05, 0.1) is 18.8 Å². The highest BCUT2D eigenvalue weighted by molar-refractivity contribution is 5.28. The molecular formula is C36H56O3. The fourth-order valence-corrected chi connectivity index (χ4v) is 10.1. The molecule has 0 spiro atoms. The van der Waals surface area contributed by atoms with Crippen LogP contribution in [0.1, 0.15) is 104 Å². The topological polar surface area (TPSA) is 49.7 Å². The van der Waals surface area contributed by atoms with Gasteiger partial charge < -0.3 is 14.9 Å². The molecule has 3 heteroatoms. The number of benzene rings is 1. The Morgan fingerprint density at radius 3 is 2.46 bits per heavy atom. The van der Waals surface area contributed by atoms with Crippen LogP contribution in [-0.4, -0.2) is 29.0 Å². The molecule has 5 unspecified atom stereocenters. The van der Waals surface area contributed by atoms with Gasteiger partial charge in [0.1, 0.15) is 0 Å². The van der Waals surface area contributed by atoms with Crippen molar-refractivity contribution < 1.29 is 14.9 Å². The van der Waals surface area contributed by atoms with E-state index in [0.29, 0.717) is 23.4 Å². The molecule has 4 aliphatic carbocycles. The lowest BCUT2D eigenvalue weighted by atomic mass is 9.44. The molecular weight excluding hydrogens is 480 g/mol. The molecule has 0 heterocycles. The van der Waals surface area contributed by atoms with Crippen LogP contribution in [-0.2, 0) is 11.3 Å². The molecule has 0 radical (unpaired) electrons. The van der Waals surface area contributed by atoms with Crippen molar-refractivity contribution in [3.63, 3.8) is 0 Å². The van der Waals surface area contributed by atoms with Crippen molar-refractivity contribution in [2.45, 2.75) is 118 Å². The van der Waals surface area contributed by atoms with Crippen LogP contribution < -0.4 is 0 Å². The van der Waals surface area contributed by atoms with E-state index in [-0.39, 0.29) is 24.0 Å². The number of rotatable bonds is 10. The molecule has 3 nitrogen and oxygen atoms in total. The van der Waals surface area contributed by atoms with Gasteiger partial charge in [0.25, 0.3) is 0 Å². The molecule has 3 saturated carbocycles. The van der Waals surface area contributed by atoms with E-state index in [2.05, 4.69) is 71.0 Å². The molecule has 2 N–H and O–H groups in total. The number of hydrogen-bond donors (Lipinski definition) is 2. The standard InChI is InChI=1S/C36H56O3/c1-24(2)27(17-20-37)21-34(38)25(3)31-13-14-32-30-12-11-28-22-29(39-23-26-9-7-6-8-10-26)15-18-35(28,4)33(30)16-19-36(31,32)5/h6-10,13,24-25,27-30,32-34,37-38H,11-12,14-23H2,1-5H3/t25-,27-,28?,29-,30?,32?,33?,34?,35-,36+/m0/s1. The number of aliphatic hydroxyl groups excluding tert-OH is 2. The highest BCUT2D eigenvalue weighted by Gasteiger charge is 2.59. The van der Waals surface area contributed by atoms with E-state index >= 15 is 0 Å². The predicted octanol–water partition coefficient (Wildman–Crippen LogP) is 8.19. The molecule has 0 amide bonds. The summed E-state index contributed by atoms with van der Waals surface area (Å²) in [5.74, 6) is 4.28. The largest absolute Gasteiger partial charge is 0.396 e. The molecule has 1 aromatic carbocycles. The minimum atomic E-state index is -0.317. The zero-order chi connectivity index (χ0) is 27.8. The van der Waals surface area contributed by atoms with E-state index < -0.39 is 0 Å². The molecule has 0 bridgehead atoms. The van der Waals surface area contributed by atoms with Crippen molar-refractivity contribution in [3.8, 4) is 0 Å². The maximum absolute atomic E-state index is 11.4. The summed E-state index contributed by atoms with van der Waals surface area (Å²) in [6.45, 7) is 12.9. The number of allylic oxidation sites excluding steroid dienone is 1. The highest BCUT2D eigenvalue weighted by atomic mass is 16.5. The van der Waals surface area contributed by atoms with Crippen LogP contribution >= 0.6 is 0 Å². The Balaban J connectivity index is 1.22. The van der Waals surface area contributed by atoms with Crippen LogP contribution in [0, 0.1) is 52.3 Å². The summed E-state index contributed by atoms with van der Waals surface area (Å²) in [6, 6.07) is 10.7. The lowest BCUT2D eigenvalue weighted by Gasteiger charge is -2.61. The first kappa shape index (κ1) is 29.3. The molecule has 0 aromatic heterocycles. The molecule has 1 aromatic rings. The minimum absolute atomic E-state index is 0.209. The summed E-state index contributed by atoms with van der Waals surface area (Å²) < 4.78 is 6.46. The highest BCUT2D eigenvalue weighted by Crippen LogP contribution is 2.67. The second kappa shape index (κ2) is 12.0. The van der Waals surface area contributed by atoms with E-state index in [1.54, 1.807) is 5.57 Å². The van der Waals surface area contributed by atoms with Gasteiger partial charge in [0.2, 0.25) is 0 Å². The normalized spacial score (nSPS) is 38.4. The Morgan fingerprint density at radius 2 is 1.74 bits per heavy atom. The Hall–Kier alpha value is -1.16. The second-order valence-corrected chi connectivity index (χ2v) is 14.8. The summed E-state index contributed by atoms with van der Waals surface area (Å²) in [6.07, 6.45) is 14.6. The molecule has 39 heavy (non-hydrogen) atoms. The first-order valence-electron chi connectivity index (χ1n) is 16.3. The number of fused-ring (bicyclic) bond motifs is 5. The average Bonchev–Trinajstić information content (AvgIpc) is 3.28. The summed E-state index contributed by atoms with van der Waals surface area (Å²) in [4.78, 5) is 0. The van der Waals surface area contributed by atoms with Gasteiger partial charge in [-0.2, -0.15) is 0 Å². The summed E-state index contributed by atoms with van der Waals surface area (Å²) in [5, 5.41) is 20.9. The van der Waals surface area contributed by atoms with Crippen molar-refractivity contribution in [2.75, 3.05) is 6.61 Å². The number of aliphatic hydroxyl groups is 2. The maximum Gasteiger partial charge on any atom is 0.0720 e. The van der Waals surface area contributed by atoms with Crippen LogP contribution in [0.25, 0.3) is 0 Å². The fourth-order valence-electron chi connectivity index (χ4n) is 10.1. The molecule has 0 saturated heterocycles. The Bertz CT molecular complexity index is 971. The van der Waals surface area contributed by atoms with Gasteiger partial charge in [-0.25, -0.2) is 0 Å². The first-order valence-corrected chi connectivity index (χ1v) is 16.3. The van der Waals surface area contributed by atoms with Crippen LogP contribution in [0.2, 0.25) is 0 Å². The molecule has 4 aliphatic rings. The summed E-state index contributed by atoms with van der Waals surface area (Å²) in [7, 11) is 0. The lowest BCUT2D eigenvalue weighted by Crippen LogP contribution is -2.54. The van der Waals surface area contributed by atoms with Crippen molar-refractivity contribution in [1.82, 2.24) is 0 Å². The van der Waals surface area contributed by atoms with Gasteiger partial charge in [0.15, 0.2) is 0 Å². The van der Waals surface area contributed by atoms with Crippen molar-refractivity contribution in [1.29, 1.82) is 0 Å². The predicted molar refractivity (Wildman–Crippen MR) is 160 cm³/mol. The van der Waals surface area contributed by atoms with E-state index in [0.717, 1.165) is 43.1 Å². The van der Waals surface area contributed by atoms with E-state index in [1.165, 1.54) is 56.9 Å². The summed E-state index contributed by atoms with van der Waals surface area (Å²) in [5.41, 5.74) is 3.54. The fraction of sp³-hybridized carbons (Fsp3) is 0.778. The lowest BCUT2D eigenvalue weighted by molar-refractivity contribution is -0.130. The van der Waals surface area contributed by atoms with Gasteiger partial charge in [-0.15, -0.1) is 0 Å². The smallest absolute Gasteiger partial charge is 0.0720 e. The first-order chi connectivity index (χ1) is 18.7. The summed E-state index contributed by atoms with van der Waals surface area (Å²) >= 11 is 0. The Labute approximate surface area is 238 Å². The van der Waals surface area contributed by atoms with Crippen molar-refractivity contribution >= 4 is 0 Å². The third-order valence-corrected chi connectivity index (χ3v) is 12.6. The second-order valence-electron chi connectivity index (χ2n) is 14.8. The van der Waals surface area contributed by atoms with Crippen LogP contribution in [0.3, 0.4) is 0 Å². The van der Waals surface area contributed by atoms with Gasteiger partial charge >= 0.3 is 0 Å². The molecule has 218 valence electrons.